The zero-order valence-corrected chi connectivity index (χ0v) is 13.5. The molecule has 0 atom stereocenters. The highest BCUT2D eigenvalue weighted by molar-refractivity contribution is 5.94. The van der Waals surface area contributed by atoms with Gasteiger partial charge in [-0.15, -0.1) is 0 Å². The fourth-order valence-corrected chi connectivity index (χ4v) is 2.72. The normalized spacial score (nSPS) is 15.3. The fraction of sp³-hybridized carbons (Fsp3) is 0.562. The summed E-state index contributed by atoms with van der Waals surface area (Å²) in [6.45, 7) is 7.50. The van der Waals surface area contributed by atoms with Gasteiger partial charge < -0.3 is 15.5 Å². The van der Waals surface area contributed by atoms with Crippen LogP contribution in [-0.2, 0) is 6.42 Å². The van der Waals surface area contributed by atoms with Gasteiger partial charge in [-0.2, -0.15) is 0 Å². The highest BCUT2D eigenvalue weighted by Crippen LogP contribution is 2.20. The number of hydrogen-bond acceptors (Lipinski definition) is 5. The van der Waals surface area contributed by atoms with Crippen LogP contribution < -0.4 is 10.6 Å². The molecule has 0 aliphatic carbocycles. The number of piperazine rings is 1. The standard InChI is InChI=1S/C16H24N4O3/c1-2-13-4-5-14(12-15(13)20(22)23)16(21)18-6-3-9-19-10-7-17-8-11-19/h4-5,12,17H,2-3,6-11H2,1H3,(H,18,21). The summed E-state index contributed by atoms with van der Waals surface area (Å²) in [6.07, 6.45) is 1.45. The number of aryl methyl sites for hydroxylation is 1. The van der Waals surface area contributed by atoms with Crippen LogP contribution in [-0.4, -0.2) is 55.0 Å². The fourth-order valence-electron chi connectivity index (χ4n) is 2.72. The molecular weight excluding hydrogens is 296 g/mol. The Balaban J connectivity index is 1.83. The molecule has 0 saturated carbocycles. The first-order chi connectivity index (χ1) is 11.1. The van der Waals surface area contributed by atoms with E-state index in [1.54, 1.807) is 12.1 Å². The molecule has 1 saturated heterocycles. The molecule has 1 aliphatic heterocycles. The Hall–Kier alpha value is -1.99. The molecule has 7 heteroatoms. The number of nitro benzene ring substituents is 1. The molecule has 23 heavy (non-hydrogen) atoms. The van der Waals surface area contributed by atoms with E-state index in [0.717, 1.165) is 39.1 Å². The van der Waals surface area contributed by atoms with Gasteiger partial charge in [0.15, 0.2) is 0 Å². The summed E-state index contributed by atoms with van der Waals surface area (Å²) >= 11 is 0. The summed E-state index contributed by atoms with van der Waals surface area (Å²) in [7, 11) is 0. The quantitative estimate of drug-likeness (QED) is 0.447. The third-order valence-electron chi connectivity index (χ3n) is 4.07. The first kappa shape index (κ1) is 17.4. The van der Waals surface area contributed by atoms with Crippen LogP contribution in [0.4, 0.5) is 5.69 Å². The van der Waals surface area contributed by atoms with Crippen molar-refractivity contribution in [1.29, 1.82) is 0 Å². The van der Waals surface area contributed by atoms with Gasteiger partial charge in [0.2, 0.25) is 0 Å². The van der Waals surface area contributed by atoms with Crippen LogP contribution in [0.2, 0.25) is 0 Å². The van der Waals surface area contributed by atoms with Crippen LogP contribution >= 0.6 is 0 Å². The molecule has 2 rings (SSSR count). The van der Waals surface area contributed by atoms with Gasteiger partial charge in [-0.05, 0) is 25.5 Å². The zero-order chi connectivity index (χ0) is 16.7. The Bertz CT molecular complexity index is 556. The topological polar surface area (TPSA) is 87.5 Å². The number of nitrogens with zero attached hydrogens (tertiary/aromatic N) is 2. The SMILES string of the molecule is CCc1ccc(C(=O)NCCCN2CCNCC2)cc1[N+](=O)[O-]. The Labute approximate surface area is 136 Å². The van der Waals surface area contributed by atoms with Gasteiger partial charge in [0, 0.05) is 49.9 Å². The molecule has 0 spiro atoms. The van der Waals surface area contributed by atoms with Crippen molar-refractivity contribution >= 4 is 11.6 Å². The van der Waals surface area contributed by atoms with Crippen molar-refractivity contribution < 1.29 is 9.72 Å². The number of hydrogen-bond donors (Lipinski definition) is 2. The number of benzene rings is 1. The summed E-state index contributed by atoms with van der Waals surface area (Å²) in [5.74, 6) is -0.254. The predicted molar refractivity (Wildman–Crippen MR) is 88.7 cm³/mol. The molecule has 126 valence electrons. The van der Waals surface area contributed by atoms with Gasteiger partial charge >= 0.3 is 0 Å². The minimum atomic E-state index is -0.431. The van der Waals surface area contributed by atoms with Gasteiger partial charge in [0.1, 0.15) is 0 Å². The Morgan fingerprint density at radius 3 is 2.78 bits per heavy atom. The molecule has 2 N–H and O–H groups in total. The van der Waals surface area contributed by atoms with Crippen LogP contribution in [0.25, 0.3) is 0 Å². The Kier molecular flexibility index (Phi) is 6.49. The summed E-state index contributed by atoms with van der Waals surface area (Å²) in [4.78, 5) is 25.1. The van der Waals surface area contributed by atoms with Crippen molar-refractivity contribution in [3.8, 4) is 0 Å². The maximum atomic E-state index is 12.1. The van der Waals surface area contributed by atoms with E-state index in [1.807, 2.05) is 6.92 Å². The van der Waals surface area contributed by atoms with E-state index in [1.165, 1.54) is 6.07 Å². The summed E-state index contributed by atoms with van der Waals surface area (Å²) in [6, 6.07) is 4.68. The van der Waals surface area contributed by atoms with E-state index in [-0.39, 0.29) is 11.6 Å². The van der Waals surface area contributed by atoms with Crippen molar-refractivity contribution in [3.63, 3.8) is 0 Å². The zero-order valence-electron chi connectivity index (χ0n) is 13.5. The lowest BCUT2D eigenvalue weighted by Crippen LogP contribution is -2.44. The van der Waals surface area contributed by atoms with E-state index in [4.69, 9.17) is 0 Å². The maximum Gasteiger partial charge on any atom is 0.273 e. The lowest BCUT2D eigenvalue weighted by Gasteiger charge is -2.27. The second-order valence-electron chi connectivity index (χ2n) is 5.66. The van der Waals surface area contributed by atoms with E-state index < -0.39 is 4.92 Å². The number of rotatable bonds is 7. The third-order valence-corrected chi connectivity index (χ3v) is 4.07. The Morgan fingerprint density at radius 1 is 1.39 bits per heavy atom. The van der Waals surface area contributed by atoms with Crippen LogP contribution in [0.5, 0.6) is 0 Å². The second-order valence-corrected chi connectivity index (χ2v) is 5.66. The average molecular weight is 320 g/mol. The molecule has 0 aromatic heterocycles. The number of carbonyl (C=O) groups is 1. The summed E-state index contributed by atoms with van der Waals surface area (Å²) in [5.41, 5.74) is 1.00. The first-order valence-corrected chi connectivity index (χ1v) is 8.10. The minimum absolute atomic E-state index is 0.0148. The molecule has 1 fully saturated rings. The third kappa shape index (κ3) is 5.01. The van der Waals surface area contributed by atoms with E-state index in [0.29, 0.717) is 24.1 Å². The Morgan fingerprint density at radius 2 is 2.13 bits per heavy atom. The van der Waals surface area contributed by atoms with Crippen molar-refractivity contribution in [2.24, 2.45) is 0 Å². The average Bonchev–Trinajstić information content (AvgIpc) is 2.58. The summed E-state index contributed by atoms with van der Waals surface area (Å²) < 4.78 is 0. The van der Waals surface area contributed by atoms with Gasteiger partial charge in [-0.1, -0.05) is 13.0 Å². The highest BCUT2D eigenvalue weighted by Gasteiger charge is 2.16. The predicted octanol–water partition coefficient (Wildman–Crippen LogP) is 1.18. The number of carbonyl (C=O) groups excluding carboxylic acids is 1. The molecule has 1 amide bonds. The van der Waals surface area contributed by atoms with Crippen molar-refractivity contribution in [3.05, 3.63) is 39.4 Å². The monoisotopic (exact) mass is 320 g/mol. The van der Waals surface area contributed by atoms with Gasteiger partial charge in [0.05, 0.1) is 4.92 Å². The highest BCUT2D eigenvalue weighted by atomic mass is 16.6. The van der Waals surface area contributed by atoms with E-state index >= 15 is 0 Å². The van der Waals surface area contributed by atoms with Gasteiger partial charge in [0.25, 0.3) is 11.6 Å². The minimum Gasteiger partial charge on any atom is -0.352 e. The van der Waals surface area contributed by atoms with Crippen molar-refractivity contribution in [2.75, 3.05) is 39.3 Å². The van der Waals surface area contributed by atoms with Gasteiger partial charge in [-0.3, -0.25) is 14.9 Å². The molecule has 1 aromatic carbocycles. The van der Waals surface area contributed by atoms with Crippen LogP contribution in [0, 0.1) is 10.1 Å². The summed E-state index contributed by atoms with van der Waals surface area (Å²) in [5, 5.41) is 17.2. The van der Waals surface area contributed by atoms with Crippen LogP contribution in [0.3, 0.4) is 0 Å². The number of amides is 1. The largest absolute Gasteiger partial charge is 0.352 e. The first-order valence-electron chi connectivity index (χ1n) is 8.10. The molecule has 0 unspecified atom stereocenters. The van der Waals surface area contributed by atoms with Gasteiger partial charge in [-0.25, -0.2) is 0 Å². The molecule has 0 bridgehead atoms. The van der Waals surface area contributed by atoms with Crippen molar-refractivity contribution in [1.82, 2.24) is 15.5 Å². The second kappa shape index (κ2) is 8.59. The number of nitro groups is 1. The molecule has 0 radical (unpaired) electrons. The molecule has 7 nitrogen and oxygen atoms in total. The number of nitrogens with one attached hydrogen (secondary N) is 2. The molecule has 1 aromatic rings. The maximum absolute atomic E-state index is 12.1. The van der Waals surface area contributed by atoms with E-state index in [2.05, 4.69) is 15.5 Å². The molecule has 1 heterocycles. The van der Waals surface area contributed by atoms with Crippen molar-refractivity contribution in [2.45, 2.75) is 19.8 Å². The lowest BCUT2D eigenvalue weighted by molar-refractivity contribution is -0.385. The van der Waals surface area contributed by atoms with E-state index in [9.17, 15) is 14.9 Å². The van der Waals surface area contributed by atoms with Crippen LogP contribution in [0.15, 0.2) is 18.2 Å². The molecule has 1 aliphatic rings. The lowest BCUT2D eigenvalue weighted by atomic mass is 10.1. The smallest absolute Gasteiger partial charge is 0.273 e. The molecular formula is C16H24N4O3. The van der Waals surface area contributed by atoms with Crippen LogP contribution in [0.1, 0.15) is 29.3 Å².